The number of rotatable bonds is 2. The highest BCUT2D eigenvalue weighted by molar-refractivity contribution is 5.94. The van der Waals surface area contributed by atoms with E-state index in [1.807, 2.05) is 13.0 Å². The summed E-state index contributed by atoms with van der Waals surface area (Å²) in [6.07, 6.45) is 0. The molecule has 98 valence electrons. The van der Waals surface area contributed by atoms with Crippen LogP contribution < -0.4 is 10.6 Å². The van der Waals surface area contributed by atoms with Crippen LogP contribution in [0.4, 0.5) is 10.2 Å². The molecule has 2 aromatic rings. The van der Waals surface area contributed by atoms with Crippen LogP contribution in [0.25, 0.3) is 5.69 Å². The van der Waals surface area contributed by atoms with E-state index in [9.17, 15) is 4.39 Å². The fraction of sp³-hybridized carbons (Fsp3) is 0.231. The third-order valence-electron chi connectivity index (χ3n) is 2.82. The van der Waals surface area contributed by atoms with Gasteiger partial charge < -0.3 is 10.6 Å². The van der Waals surface area contributed by atoms with Gasteiger partial charge in [-0.1, -0.05) is 0 Å². The van der Waals surface area contributed by atoms with Crippen molar-refractivity contribution in [3.05, 3.63) is 41.8 Å². The molecule has 0 spiro atoms. The third kappa shape index (κ3) is 2.42. The molecule has 0 unspecified atom stereocenters. The Morgan fingerprint density at radius 3 is 2.79 bits per heavy atom. The second-order valence-electron chi connectivity index (χ2n) is 4.34. The van der Waals surface area contributed by atoms with Crippen molar-refractivity contribution in [1.29, 1.82) is 0 Å². The zero-order chi connectivity index (χ0) is 13.2. The van der Waals surface area contributed by atoms with Gasteiger partial charge >= 0.3 is 0 Å². The van der Waals surface area contributed by atoms with Crippen molar-refractivity contribution in [2.45, 2.75) is 6.92 Å². The number of guanidine groups is 1. The molecule has 2 heterocycles. The highest BCUT2D eigenvalue weighted by Gasteiger charge is 2.11. The van der Waals surface area contributed by atoms with Gasteiger partial charge in [0, 0.05) is 12.6 Å². The summed E-state index contributed by atoms with van der Waals surface area (Å²) in [5, 5.41) is 10.7. The van der Waals surface area contributed by atoms with Gasteiger partial charge in [0.15, 0.2) is 5.96 Å². The average Bonchev–Trinajstić information content (AvgIpc) is 3.01. The largest absolute Gasteiger partial charge is 0.354 e. The van der Waals surface area contributed by atoms with Crippen molar-refractivity contribution in [3.63, 3.8) is 0 Å². The summed E-state index contributed by atoms with van der Waals surface area (Å²) >= 11 is 0. The lowest BCUT2D eigenvalue weighted by Gasteiger charge is -2.09. The minimum Gasteiger partial charge on any atom is -0.354 e. The first-order chi connectivity index (χ1) is 9.22. The van der Waals surface area contributed by atoms with Crippen LogP contribution in [-0.2, 0) is 0 Å². The molecule has 1 aromatic carbocycles. The molecule has 0 aliphatic carbocycles. The van der Waals surface area contributed by atoms with Crippen LogP contribution in [0.2, 0.25) is 0 Å². The first-order valence-corrected chi connectivity index (χ1v) is 6.10. The topological polar surface area (TPSA) is 54.2 Å². The summed E-state index contributed by atoms with van der Waals surface area (Å²) < 4.78 is 14.7. The molecule has 6 heteroatoms. The number of nitrogens with one attached hydrogen (secondary N) is 2. The lowest BCUT2D eigenvalue weighted by Crippen LogP contribution is -2.27. The maximum Gasteiger partial charge on any atom is 0.197 e. The maximum atomic E-state index is 13.0. The third-order valence-corrected chi connectivity index (χ3v) is 2.82. The number of anilines is 1. The fourth-order valence-corrected chi connectivity index (χ4v) is 1.97. The van der Waals surface area contributed by atoms with Crippen LogP contribution >= 0.6 is 0 Å². The van der Waals surface area contributed by atoms with Crippen LogP contribution in [0.5, 0.6) is 0 Å². The van der Waals surface area contributed by atoms with E-state index < -0.39 is 0 Å². The lowest BCUT2D eigenvalue weighted by molar-refractivity contribution is 0.627. The molecule has 0 bridgehead atoms. The van der Waals surface area contributed by atoms with Crippen molar-refractivity contribution in [2.75, 3.05) is 18.4 Å². The molecule has 2 N–H and O–H groups in total. The molecule has 0 saturated heterocycles. The Bertz CT molecular complexity index is 614. The van der Waals surface area contributed by atoms with Crippen LogP contribution in [0.15, 0.2) is 35.3 Å². The average molecular weight is 259 g/mol. The van der Waals surface area contributed by atoms with Crippen molar-refractivity contribution in [2.24, 2.45) is 4.99 Å². The van der Waals surface area contributed by atoms with Crippen LogP contribution in [0.1, 0.15) is 5.69 Å². The standard InChI is InChI=1S/C13H14FN5/c1-9-8-12(17-13-15-6-7-16-13)19(18-9)11-4-2-10(14)3-5-11/h2-5,8H,6-7H2,1H3,(H2,15,16,17). The van der Waals surface area contributed by atoms with Crippen LogP contribution in [0, 0.1) is 12.7 Å². The molecule has 0 fully saturated rings. The summed E-state index contributed by atoms with van der Waals surface area (Å²) in [6, 6.07) is 8.14. The summed E-state index contributed by atoms with van der Waals surface area (Å²) in [5.41, 5.74) is 1.68. The quantitative estimate of drug-likeness (QED) is 0.863. The molecular weight excluding hydrogens is 245 g/mol. The predicted molar refractivity (Wildman–Crippen MR) is 72.2 cm³/mol. The van der Waals surface area contributed by atoms with E-state index in [1.54, 1.807) is 16.8 Å². The van der Waals surface area contributed by atoms with Gasteiger partial charge in [0.1, 0.15) is 11.6 Å². The monoisotopic (exact) mass is 259 g/mol. The van der Waals surface area contributed by atoms with Gasteiger partial charge in [0.2, 0.25) is 0 Å². The van der Waals surface area contributed by atoms with Gasteiger partial charge in [0.05, 0.1) is 17.9 Å². The van der Waals surface area contributed by atoms with Crippen LogP contribution in [-0.4, -0.2) is 28.8 Å². The second kappa shape index (κ2) is 4.72. The number of hydrogen-bond acceptors (Lipinski definition) is 4. The Hall–Kier alpha value is -2.37. The van der Waals surface area contributed by atoms with Crippen LogP contribution in [0.3, 0.4) is 0 Å². The highest BCUT2D eigenvalue weighted by Crippen LogP contribution is 2.17. The Morgan fingerprint density at radius 2 is 2.11 bits per heavy atom. The summed E-state index contributed by atoms with van der Waals surface area (Å²) in [6.45, 7) is 3.52. The zero-order valence-electron chi connectivity index (χ0n) is 10.5. The van der Waals surface area contributed by atoms with E-state index >= 15 is 0 Å². The van der Waals surface area contributed by atoms with Crippen molar-refractivity contribution in [1.82, 2.24) is 15.1 Å². The van der Waals surface area contributed by atoms with E-state index in [0.717, 1.165) is 36.2 Å². The normalized spacial score (nSPS) is 14.1. The number of aromatic nitrogens is 2. The maximum absolute atomic E-state index is 13.0. The molecule has 0 amide bonds. The lowest BCUT2D eigenvalue weighted by atomic mass is 10.3. The Labute approximate surface area is 110 Å². The molecule has 0 atom stereocenters. The Morgan fingerprint density at radius 1 is 1.32 bits per heavy atom. The molecule has 1 aliphatic heterocycles. The fourth-order valence-electron chi connectivity index (χ4n) is 1.97. The molecule has 1 aliphatic rings. The molecule has 0 radical (unpaired) electrons. The smallest absolute Gasteiger partial charge is 0.197 e. The van der Waals surface area contributed by atoms with E-state index in [4.69, 9.17) is 0 Å². The highest BCUT2D eigenvalue weighted by atomic mass is 19.1. The van der Waals surface area contributed by atoms with Crippen molar-refractivity contribution < 1.29 is 4.39 Å². The Kier molecular flexibility index (Phi) is 2.91. The minimum atomic E-state index is -0.260. The zero-order valence-corrected chi connectivity index (χ0v) is 10.5. The first kappa shape index (κ1) is 11.7. The van der Waals surface area contributed by atoms with E-state index in [2.05, 4.69) is 20.7 Å². The number of nitrogens with zero attached hydrogens (tertiary/aromatic N) is 3. The van der Waals surface area contributed by atoms with E-state index in [0.29, 0.717) is 0 Å². The van der Waals surface area contributed by atoms with E-state index in [-0.39, 0.29) is 5.82 Å². The van der Waals surface area contributed by atoms with Gasteiger partial charge in [-0.3, -0.25) is 4.99 Å². The molecular formula is C13H14FN5. The Balaban J connectivity index is 1.94. The molecule has 19 heavy (non-hydrogen) atoms. The predicted octanol–water partition coefficient (Wildman–Crippen LogP) is 1.69. The SMILES string of the molecule is Cc1cc(NC2=NCCN2)n(-c2ccc(F)cc2)n1. The summed E-state index contributed by atoms with van der Waals surface area (Å²) in [7, 11) is 0. The van der Waals surface area contributed by atoms with Crippen molar-refractivity contribution in [3.8, 4) is 5.69 Å². The van der Waals surface area contributed by atoms with Gasteiger partial charge in [-0.15, -0.1) is 0 Å². The number of halogens is 1. The number of hydrogen-bond donors (Lipinski definition) is 2. The molecule has 1 aromatic heterocycles. The van der Waals surface area contributed by atoms with Gasteiger partial charge in [-0.05, 0) is 31.2 Å². The molecule has 0 saturated carbocycles. The number of aliphatic imine (C=N–C) groups is 1. The summed E-state index contributed by atoms with van der Waals surface area (Å²) in [5.74, 6) is 1.28. The van der Waals surface area contributed by atoms with Gasteiger partial charge in [-0.2, -0.15) is 5.10 Å². The number of benzene rings is 1. The first-order valence-electron chi connectivity index (χ1n) is 6.10. The van der Waals surface area contributed by atoms with E-state index in [1.165, 1.54) is 12.1 Å². The molecule has 5 nitrogen and oxygen atoms in total. The minimum absolute atomic E-state index is 0.260. The molecule has 3 rings (SSSR count). The second-order valence-corrected chi connectivity index (χ2v) is 4.34. The van der Waals surface area contributed by atoms with Gasteiger partial charge in [-0.25, -0.2) is 9.07 Å². The van der Waals surface area contributed by atoms with Crippen molar-refractivity contribution >= 4 is 11.8 Å². The number of aryl methyl sites for hydroxylation is 1. The van der Waals surface area contributed by atoms with Gasteiger partial charge in [0.25, 0.3) is 0 Å². The summed E-state index contributed by atoms with van der Waals surface area (Å²) in [4.78, 5) is 4.28.